The van der Waals surface area contributed by atoms with Gasteiger partial charge in [-0.1, -0.05) is 12.8 Å². The van der Waals surface area contributed by atoms with E-state index in [1.54, 1.807) is 36.5 Å². The first-order chi connectivity index (χ1) is 13.9. The zero-order chi connectivity index (χ0) is 20.5. The summed E-state index contributed by atoms with van der Waals surface area (Å²) in [5.74, 6) is 1.05. The maximum absolute atomic E-state index is 13.0. The highest BCUT2D eigenvalue weighted by Crippen LogP contribution is 2.44. The third-order valence-electron chi connectivity index (χ3n) is 5.75. The predicted octanol–water partition coefficient (Wildman–Crippen LogP) is 3.75. The maximum atomic E-state index is 13.0. The predicted molar refractivity (Wildman–Crippen MR) is 112 cm³/mol. The molecule has 0 saturated heterocycles. The zero-order valence-electron chi connectivity index (χ0n) is 16.5. The Morgan fingerprint density at radius 1 is 1.10 bits per heavy atom. The summed E-state index contributed by atoms with van der Waals surface area (Å²) in [7, 11) is -3.68. The van der Waals surface area contributed by atoms with Crippen LogP contribution in [-0.2, 0) is 15.4 Å². The first-order valence-electron chi connectivity index (χ1n) is 10.1. The molecular weight excluding hydrogens is 410 g/mol. The third kappa shape index (κ3) is 4.30. The smallest absolute Gasteiger partial charge is 0.240 e. The van der Waals surface area contributed by atoms with Gasteiger partial charge in [0.25, 0.3) is 0 Å². The average molecular weight is 438 g/mol. The SMILES string of the molecule is CC(O)c1ccc(C2(CNS(=O)(=O)c3ccc4c(c3)OCCCO4)CCCC2)s1. The fourth-order valence-corrected chi connectivity index (χ4v) is 6.38. The number of fused-ring (bicyclic) bond motifs is 1. The molecule has 1 aliphatic heterocycles. The topological polar surface area (TPSA) is 84.9 Å². The lowest BCUT2D eigenvalue weighted by molar-refractivity contribution is 0.203. The summed E-state index contributed by atoms with van der Waals surface area (Å²) in [5, 5.41) is 9.87. The minimum atomic E-state index is -3.68. The molecule has 0 radical (unpaired) electrons. The van der Waals surface area contributed by atoms with E-state index in [1.165, 1.54) is 0 Å². The van der Waals surface area contributed by atoms with Gasteiger partial charge in [0.15, 0.2) is 11.5 Å². The van der Waals surface area contributed by atoms with E-state index in [1.807, 2.05) is 12.1 Å². The first-order valence-corrected chi connectivity index (χ1v) is 12.4. The molecule has 0 bridgehead atoms. The highest BCUT2D eigenvalue weighted by molar-refractivity contribution is 7.89. The summed E-state index contributed by atoms with van der Waals surface area (Å²) >= 11 is 1.58. The van der Waals surface area contributed by atoms with Crippen LogP contribution in [-0.4, -0.2) is 33.3 Å². The van der Waals surface area contributed by atoms with Crippen LogP contribution in [0.5, 0.6) is 11.5 Å². The molecule has 1 fully saturated rings. The van der Waals surface area contributed by atoms with Crippen molar-refractivity contribution in [1.29, 1.82) is 0 Å². The Bertz CT molecular complexity index is 961. The van der Waals surface area contributed by atoms with Gasteiger partial charge in [0.1, 0.15) is 0 Å². The number of hydrogen-bond donors (Lipinski definition) is 2. The highest BCUT2D eigenvalue weighted by atomic mass is 32.2. The van der Waals surface area contributed by atoms with Gasteiger partial charge in [-0.25, -0.2) is 13.1 Å². The van der Waals surface area contributed by atoms with Gasteiger partial charge in [-0.2, -0.15) is 0 Å². The molecule has 0 spiro atoms. The Morgan fingerprint density at radius 2 is 1.83 bits per heavy atom. The lowest BCUT2D eigenvalue weighted by atomic mass is 9.85. The quantitative estimate of drug-likeness (QED) is 0.719. The van der Waals surface area contributed by atoms with Crippen molar-refractivity contribution in [2.24, 2.45) is 0 Å². The van der Waals surface area contributed by atoms with Gasteiger partial charge in [0.05, 0.1) is 24.2 Å². The van der Waals surface area contributed by atoms with Crippen LogP contribution < -0.4 is 14.2 Å². The van der Waals surface area contributed by atoms with E-state index in [2.05, 4.69) is 4.72 Å². The Kier molecular flexibility index (Phi) is 5.88. The van der Waals surface area contributed by atoms with E-state index in [4.69, 9.17) is 9.47 Å². The van der Waals surface area contributed by atoms with Crippen molar-refractivity contribution < 1.29 is 23.0 Å². The molecule has 2 heterocycles. The van der Waals surface area contributed by atoms with Crippen molar-refractivity contribution in [3.63, 3.8) is 0 Å². The Labute approximate surface area is 175 Å². The van der Waals surface area contributed by atoms with E-state index in [0.717, 1.165) is 41.9 Å². The molecule has 2 aliphatic rings. The molecule has 1 aliphatic carbocycles. The number of aliphatic hydroxyl groups is 1. The van der Waals surface area contributed by atoms with Crippen molar-refractivity contribution in [2.45, 2.75) is 55.4 Å². The van der Waals surface area contributed by atoms with Gasteiger partial charge >= 0.3 is 0 Å². The molecule has 8 heteroatoms. The van der Waals surface area contributed by atoms with Gasteiger partial charge < -0.3 is 14.6 Å². The number of sulfonamides is 1. The minimum absolute atomic E-state index is 0.186. The van der Waals surface area contributed by atoms with Gasteiger partial charge in [0, 0.05) is 34.2 Å². The molecule has 29 heavy (non-hydrogen) atoms. The molecule has 1 unspecified atom stereocenters. The van der Waals surface area contributed by atoms with E-state index >= 15 is 0 Å². The molecule has 4 rings (SSSR count). The highest BCUT2D eigenvalue weighted by Gasteiger charge is 2.38. The van der Waals surface area contributed by atoms with Crippen LogP contribution in [0.2, 0.25) is 0 Å². The average Bonchev–Trinajstić information content (AvgIpc) is 3.32. The van der Waals surface area contributed by atoms with Crippen molar-refractivity contribution in [1.82, 2.24) is 4.72 Å². The van der Waals surface area contributed by atoms with Crippen molar-refractivity contribution in [3.8, 4) is 11.5 Å². The van der Waals surface area contributed by atoms with Crippen LogP contribution in [0.3, 0.4) is 0 Å². The molecule has 0 amide bonds. The fourth-order valence-electron chi connectivity index (χ4n) is 4.05. The second-order valence-electron chi connectivity index (χ2n) is 7.85. The molecule has 158 valence electrons. The molecule has 6 nitrogen and oxygen atoms in total. The molecule has 1 aromatic heterocycles. The van der Waals surface area contributed by atoms with Crippen LogP contribution in [0.1, 0.15) is 54.9 Å². The molecular formula is C21H27NO5S2. The van der Waals surface area contributed by atoms with Gasteiger partial charge in [-0.05, 0) is 44.0 Å². The van der Waals surface area contributed by atoms with Crippen LogP contribution in [0.15, 0.2) is 35.2 Å². The van der Waals surface area contributed by atoms with E-state index in [0.29, 0.717) is 31.3 Å². The standard InChI is InChI=1S/C21H27NO5S2/c1-15(23)19-7-8-20(28-19)21(9-2-3-10-21)14-22-29(24,25)16-5-6-17-18(13-16)27-12-4-11-26-17/h5-8,13,15,22-23H,2-4,9-12,14H2,1H3. The molecule has 1 atom stereocenters. The fraction of sp³-hybridized carbons (Fsp3) is 0.524. The van der Waals surface area contributed by atoms with Gasteiger partial charge in [-0.3, -0.25) is 0 Å². The zero-order valence-corrected chi connectivity index (χ0v) is 18.2. The Balaban J connectivity index is 1.55. The first kappa shape index (κ1) is 20.7. The summed E-state index contributed by atoms with van der Waals surface area (Å²) in [4.78, 5) is 2.25. The largest absolute Gasteiger partial charge is 0.490 e. The Morgan fingerprint density at radius 3 is 2.52 bits per heavy atom. The normalized spacial score (nSPS) is 19.7. The lowest BCUT2D eigenvalue weighted by Crippen LogP contribution is -2.38. The van der Waals surface area contributed by atoms with Crippen LogP contribution in [0.25, 0.3) is 0 Å². The summed E-state index contributed by atoms with van der Waals surface area (Å²) in [5.41, 5.74) is -0.212. The molecule has 2 aromatic rings. The summed E-state index contributed by atoms with van der Waals surface area (Å²) < 4.78 is 40.1. The van der Waals surface area contributed by atoms with Crippen molar-refractivity contribution in [2.75, 3.05) is 19.8 Å². The maximum Gasteiger partial charge on any atom is 0.240 e. The lowest BCUT2D eigenvalue weighted by Gasteiger charge is -2.28. The number of thiophene rings is 1. The van der Waals surface area contributed by atoms with Crippen molar-refractivity contribution in [3.05, 3.63) is 40.1 Å². The van der Waals surface area contributed by atoms with Crippen molar-refractivity contribution >= 4 is 21.4 Å². The van der Waals surface area contributed by atoms with E-state index < -0.39 is 16.1 Å². The van der Waals surface area contributed by atoms with Crippen LogP contribution >= 0.6 is 11.3 Å². The number of benzene rings is 1. The van der Waals surface area contributed by atoms with Gasteiger partial charge in [-0.15, -0.1) is 11.3 Å². The number of rotatable bonds is 6. The number of aliphatic hydroxyl groups excluding tert-OH is 1. The minimum Gasteiger partial charge on any atom is -0.490 e. The van der Waals surface area contributed by atoms with Crippen LogP contribution in [0.4, 0.5) is 0 Å². The number of hydrogen-bond acceptors (Lipinski definition) is 6. The third-order valence-corrected chi connectivity index (χ3v) is 8.65. The number of nitrogens with one attached hydrogen (secondary N) is 1. The molecule has 1 aromatic carbocycles. The molecule has 2 N–H and O–H groups in total. The van der Waals surface area contributed by atoms with E-state index in [9.17, 15) is 13.5 Å². The van der Waals surface area contributed by atoms with Crippen LogP contribution in [0, 0.1) is 0 Å². The van der Waals surface area contributed by atoms with E-state index in [-0.39, 0.29) is 10.3 Å². The number of ether oxygens (including phenoxy) is 2. The second-order valence-corrected chi connectivity index (χ2v) is 10.7. The second kappa shape index (κ2) is 8.26. The summed E-state index contributed by atoms with van der Waals surface area (Å²) in [6.07, 6.45) is 4.30. The summed E-state index contributed by atoms with van der Waals surface area (Å²) in [6, 6.07) is 8.76. The molecule has 1 saturated carbocycles. The monoisotopic (exact) mass is 437 g/mol. The van der Waals surface area contributed by atoms with Gasteiger partial charge in [0.2, 0.25) is 10.0 Å². The summed E-state index contributed by atoms with van der Waals surface area (Å²) in [6.45, 7) is 3.18. The Hall–Kier alpha value is -1.61.